The lowest BCUT2D eigenvalue weighted by atomic mass is 9.97. The average molecular weight is 614 g/mol. The molecule has 0 amide bonds. The molecule has 0 bridgehead atoms. The molecule has 0 aliphatic carbocycles. The second-order valence-electron chi connectivity index (χ2n) is 12.2. The molecular weight excluding hydrogens is 583 g/mol. The quantitative estimate of drug-likeness (QED) is 0.185. The van der Waals surface area contributed by atoms with Crippen molar-refractivity contribution in [3.63, 3.8) is 0 Å². The zero-order chi connectivity index (χ0) is 31.9. The van der Waals surface area contributed by atoms with Crippen LogP contribution in [-0.2, 0) is 0 Å². The molecule has 0 aliphatic heterocycles. The van der Waals surface area contributed by atoms with Gasteiger partial charge in [0, 0.05) is 27.8 Å². The number of benzene rings is 8. The van der Waals surface area contributed by atoms with Crippen LogP contribution in [-0.4, -0.2) is 0 Å². The monoisotopic (exact) mass is 613 g/mol. The molecule has 2 heteroatoms. The predicted molar refractivity (Wildman–Crippen MR) is 202 cm³/mol. The van der Waals surface area contributed by atoms with Gasteiger partial charge in [0.25, 0.3) is 0 Å². The smallest absolute Gasteiger partial charge is 0.136 e. The molecule has 0 fully saturated rings. The van der Waals surface area contributed by atoms with Crippen LogP contribution in [0.3, 0.4) is 0 Å². The third kappa shape index (κ3) is 5.01. The van der Waals surface area contributed by atoms with E-state index in [-0.39, 0.29) is 0 Å². The van der Waals surface area contributed by atoms with Crippen LogP contribution >= 0.6 is 0 Å². The van der Waals surface area contributed by atoms with Crippen molar-refractivity contribution in [1.82, 2.24) is 0 Å². The van der Waals surface area contributed by atoms with Gasteiger partial charge in [-0.2, -0.15) is 0 Å². The van der Waals surface area contributed by atoms with Crippen LogP contribution in [0.25, 0.3) is 66.1 Å². The summed E-state index contributed by atoms with van der Waals surface area (Å²) in [4.78, 5) is 2.34. The molecule has 8 aromatic carbocycles. The zero-order valence-corrected chi connectivity index (χ0v) is 26.3. The van der Waals surface area contributed by atoms with Gasteiger partial charge in [0.15, 0.2) is 0 Å². The zero-order valence-electron chi connectivity index (χ0n) is 26.3. The van der Waals surface area contributed by atoms with E-state index in [1.54, 1.807) is 0 Å². The summed E-state index contributed by atoms with van der Waals surface area (Å²) in [6, 6.07) is 66.9. The molecule has 0 saturated heterocycles. The summed E-state index contributed by atoms with van der Waals surface area (Å²) in [5.74, 6) is 0. The number of rotatable bonds is 6. The van der Waals surface area contributed by atoms with Gasteiger partial charge in [0.1, 0.15) is 11.2 Å². The Morgan fingerprint density at radius 1 is 0.312 bits per heavy atom. The van der Waals surface area contributed by atoms with Crippen LogP contribution in [0.1, 0.15) is 0 Å². The molecule has 0 aliphatic rings. The molecule has 0 spiro atoms. The molecule has 1 heterocycles. The maximum absolute atomic E-state index is 6.20. The van der Waals surface area contributed by atoms with E-state index in [9.17, 15) is 0 Å². The normalized spacial score (nSPS) is 11.3. The second kappa shape index (κ2) is 11.8. The third-order valence-corrected chi connectivity index (χ3v) is 9.26. The van der Waals surface area contributed by atoms with Crippen molar-refractivity contribution in [2.75, 3.05) is 4.90 Å². The summed E-state index contributed by atoms with van der Waals surface area (Å²) in [7, 11) is 0. The Balaban J connectivity index is 1.13. The Kier molecular flexibility index (Phi) is 6.84. The van der Waals surface area contributed by atoms with Gasteiger partial charge in [-0.3, -0.25) is 0 Å². The third-order valence-electron chi connectivity index (χ3n) is 9.26. The molecule has 0 saturated carbocycles. The van der Waals surface area contributed by atoms with Crippen LogP contribution < -0.4 is 4.90 Å². The van der Waals surface area contributed by atoms with Gasteiger partial charge in [-0.15, -0.1) is 0 Å². The highest BCUT2D eigenvalue weighted by atomic mass is 16.3. The number of fused-ring (bicyclic) bond motifs is 5. The first-order valence-electron chi connectivity index (χ1n) is 16.3. The molecule has 226 valence electrons. The summed E-state index contributed by atoms with van der Waals surface area (Å²) >= 11 is 0. The van der Waals surface area contributed by atoms with Crippen molar-refractivity contribution in [2.45, 2.75) is 0 Å². The summed E-state index contributed by atoms with van der Waals surface area (Å²) in [6.45, 7) is 0. The number of furan rings is 1. The van der Waals surface area contributed by atoms with E-state index in [1.165, 1.54) is 49.5 Å². The van der Waals surface area contributed by atoms with E-state index in [4.69, 9.17) is 4.42 Å². The molecule has 0 radical (unpaired) electrons. The fraction of sp³-hybridized carbons (Fsp3) is 0. The standard InChI is InChI=1S/C46H31NO/c1-3-10-32(11-4-1)34-20-25-39(26-21-34)47(41-15-9-14-37(30-41)33-12-5-2-6-13-33)40-27-22-35(23-28-40)38-19-18-36-24-29-45-46(43(36)31-38)42-16-7-8-17-44(42)48-45/h1-31H. The Bertz CT molecular complexity index is 2530. The maximum atomic E-state index is 6.20. The van der Waals surface area contributed by atoms with Gasteiger partial charge >= 0.3 is 0 Å². The Hall–Kier alpha value is -6.38. The lowest BCUT2D eigenvalue weighted by molar-refractivity contribution is 0.669. The Morgan fingerprint density at radius 3 is 1.54 bits per heavy atom. The summed E-state index contributed by atoms with van der Waals surface area (Å²) in [6.07, 6.45) is 0. The fourth-order valence-electron chi connectivity index (χ4n) is 6.86. The highest BCUT2D eigenvalue weighted by molar-refractivity contribution is 6.19. The molecule has 9 aromatic rings. The molecular formula is C46H31NO. The number of nitrogens with zero attached hydrogens (tertiary/aromatic N) is 1. The lowest BCUT2D eigenvalue weighted by Gasteiger charge is -2.26. The van der Waals surface area contributed by atoms with Crippen LogP contribution in [0.5, 0.6) is 0 Å². The number of hydrogen-bond donors (Lipinski definition) is 0. The van der Waals surface area contributed by atoms with Crippen molar-refractivity contribution < 1.29 is 4.42 Å². The molecule has 1 aromatic heterocycles. The summed E-state index contributed by atoms with van der Waals surface area (Å²) < 4.78 is 6.20. The Labute approximate surface area is 279 Å². The van der Waals surface area contributed by atoms with E-state index >= 15 is 0 Å². The van der Waals surface area contributed by atoms with Crippen LogP contribution in [0.4, 0.5) is 17.1 Å². The fourth-order valence-corrected chi connectivity index (χ4v) is 6.86. The van der Waals surface area contributed by atoms with Gasteiger partial charge < -0.3 is 9.32 Å². The van der Waals surface area contributed by atoms with E-state index in [0.717, 1.165) is 33.6 Å². The maximum Gasteiger partial charge on any atom is 0.136 e. The van der Waals surface area contributed by atoms with Crippen molar-refractivity contribution in [2.24, 2.45) is 0 Å². The SMILES string of the molecule is c1ccc(-c2ccc(N(c3ccc(-c4ccc5ccc6oc7ccccc7c6c5c4)cc3)c3cccc(-c4ccccc4)c3)cc2)cc1. The van der Waals surface area contributed by atoms with Crippen LogP contribution in [0, 0.1) is 0 Å². The van der Waals surface area contributed by atoms with E-state index < -0.39 is 0 Å². The van der Waals surface area contributed by atoms with E-state index in [1.807, 2.05) is 12.1 Å². The average Bonchev–Trinajstić information content (AvgIpc) is 3.56. The minimum absolute atomic E-state index is 0.919. The molecule has 0 unspecified atom stereocenters. The first-order valence-corrected chi connectivity index (χ1v) is 16.3. The van der Waals surface area contributed by atoms with Crippen LogP contribution in [0.2, 0.25) is 0 Å². The highest BCUT2D eigenvalue weighted by Gasteiger charge is 2.15. The second-order valence-corrected chi connectivity index (χ2v) is 12.2. The first-order chi connectivity index (χ1) is 23.8. The van der Waals surface area contributed by atoms with Crippen molar-refractivity contribution in [3.05, 3.63) is 188 Å². The topological polar surface area (TPSA) is 16.4 Å². The van der Waals surface area contributed by atoms with Gasteiger partial charge in [0.2, 0.25) is 0 Å². The van der Waals surface area contributed by atoms with Gasteiger partial charge in [-0.05, 0) is 98.8 Å². The summed E-state index contributed by atoms with van der Waals surface area (Å²) in [5.41, 5.74) is 12.3. The number of para-hydroxylation sites is 1. The molecule has 0 atom stereocenters. The molecule has 9 rings (SSSR count). The van der Waals surface area contributed by atoms with E-state index in [0.29, 0.717) is 0 Å². The highest BCUT2D eigenvalue weighted by Crippen LogP contribution is 2.40. The van der Waals surface area contributed by atoms with E-state index in [2.05, 4.69) is 181 Å². The predicted octanol–water partition coefficient (Wildman–Crippen LogP) is 13.2. The minimum atomic E-state index is 0.919. The number of anilines is 3. The van der Waals surface area contributed by atoms with Gasteiger partial charge in [-0.25, -0.2) is 0 Å². The first kappa shape index (κ1) is 27.9. The lowest BCUT2D eigenvalue weighted by Crippen LogP contribution is -2.10. The minimum Gasteiger partial charge on any atom is -0.456 e. The summed E-state index contributed by atoms with van der Waals surface area (Å²) in [5, 5.41) is 4.73. The molecule has 2 nitrogen and oxygen atoms in total. The van der Waals surface area contributed by atoms with Gasteiger partial charge in [-0.1, -0.05) is 133 Å². The Morgan fingerprint density at radius 2 is 0.833 bits per heavy atom. The number of hydrogen-bond acceptors (Lipinski definition) is 2. The van der Waals surface area contributed by atoms with Crippen molar-refractivity contribution in [1.29, 1.82) is 0 Å². The largest absolute Gasteiger partial charge is 0.456 e. The van der Waals surface area contributed by atoms with Crippen molar-refractivity contribution >= 4 is 49.8 Å². The van der Waals surface area contributed by atoms with Crippen molar-refractivity contribution in [3.8, 4) is 33.4 Å². The molecule has 0 N–H and O–H groups in total. The van der Waals surface area contributed by atoms with Crippen LogP contribution in [0.15, 0.2) is 192 Å². The van der Waals surface area contributed by atoms with Gasteiger partial charge in [0.05, 0.1) is 0 Å². The molecule has 48 heavy (non-hydrogen) atoms.